The molecule has 0 saturated carbocycles. The van der Waals surface area contributed by atoms with E-state index in [0.717, 1.165) is 6.07 Å². The smallest absolute Gasteiger partial charge is 0.433 e. The Morgan fingerprint density at radius 1 is 1.47 bits per heavy atom. The summed E-state index contributed by atoms with van der Waals surface area (Å²) in [6, 6.07) is 1.44. The van der Waals surface area contributed by atoms with Crippen LogP contribution in [0.15, 0.2) is 12.1 Å². The van der Waals surface area contributed by atoms with Crippen molar-refractivity contribution in [2.75, 3.05) is 0 Å². The van der Waals surface area contributed by atoms with E-state index in [1.54, 1.807) is 0 Å². The van der Waals surface area contributed by atoms with Crippen molar-refractivity contribution in [3.05, 3.63) is 29.1 Å². The number of carboxylic acids is 1. The Hall–Kier alpha value is -1.11. The first kappa shape index (κ1) is 12.0. The Kier molecular flexibility index (Phi) is 3.33. The zero-order chi connectivity index (χ0) is 11.6. The predicted octanol–water partition coefficient (Wildman–Crippen LogP) is 1.36. The van der Waals surface area contributed by atoms with Crippen LogP contribution in [0.4, 0.5) is 13.2 Å². The van der Waals surface area contributed by atoms with Gasteiger partial charge in [0.25, 0.3) is 0 Å². The van der Waals surface area contributed by atoms with E-state index >= 15 is 0 Å². The van der Waals surface area contributed by atoms with Crippen LogP contribution in [0.25, 0.3) is 0 Å². The molecule has 0 unspecified atom stereocenters. The lowest BCUT2D eigenvalue weighted by Crippen LogP contribution is -2.25. The topological polar surface area (TPSA) is 53.0 Å². The van der Waals surface area contributed by atoms with Crippen LogP contribution in [0.2, 0.25) is 0 Å². The summed E-state index contributed by atoms with van der Waals surface area (Å²) in [6.07, 6.45) is -4.58. The van der Waals surface area contributed by atoms with Gasteiger partial charge in [-0.1, -0.05) is 15.9 Å². The Balaban J connectivity index is 3.25. The molecule has 0 saturated heterocycles. The quantitative estimate of drug-likeness (QED) is 0.770. The summed E-state index contributed by atoms with van der Waals surface area (Å²) in [5.74, 6) is -1.55. The van der Waals surface area contributed by atoms with Crippen molar-refractivity contribution >= 4 is 21.9 Å². The number of carbonyl (C=O) groups is 1. The minimum atomic E-state index is -4.58. The number of pyridine rings is 1. The molecule has 0 aliphatic rings. The van der Waals surface area contributed by atoms with Gasteiger partial charge in [-0.05, 0) is 12.1 Å². The highest BCUT2D eigenvalue weighted by molar-refractivity contribution is 9.08. The monoisotopic (exact) mass is 282 g/mol. The van der Waals surface area contributed by atoms with Crippen LogP contribution in [0.1, 0.15) is 21.7 Å². The third kappa shape index (κ3) is 2.68. The van der Waals surface area contributed by atoms with Crippen molar-refractivity contribution in [2.45, 2.75) is 11.5 Å². The maximum atomic E-state index is 12.2. The fraction of sp³-hybridized carbons (Fsp3) is 0.250. The number of halogens is 4. The molecule has 0 amide bonds. The van der Waals surface area contributed by atoms with E-state index in [-0.39, 0.29) is 16.6 Å². The fourth-order valence-electron chi connectivity index (χ4n) is 0.947. The Morgan fingerprint density at radius 2 is 2.07 bits per heavy atom. The summed E-state index contributed by atoms with van der Waals surface area (Å²) in [5, 5.41) is 10.4. The molecule has 0 atom stereocenters. The summed E-state index contributed by atoms with van der Waals surface area (Å²) in [6.45, 7) is 0. The first-order chi connectivity index (χ1) is 6.86. The number of hydrogen-bond donors (Lipinski definition) is 0. The molecule has 0 N–H and O–H groups in total. The minimum absolute atomic E-state index is 0.0831. The van der Waals surface area contributed by atoms with Gasteiger partial charge >= 0.3 is 6.18 Å². The fourth-order valence-corrected chi connectivity index (χ4v) is 1.37. The van der Waals surface area contributed by atoms with Gasteiger partial charge in [0.05, 0.1) is 11.7 Å². The number of aromatic carboxylic acids is 1. The Morgan fingerprint density at radius 3 is 2.47 bits per heavy atom. The Labute approximate surface area is 91.1 Å². The largest absolute Gasteiger partial charge is 0.545 e. The maximum absolute atomic E-state index is 12.2. The number of alkyl halides is 4. The third-order valence-corrected chi connectivity index (χ3v) is 2.14. The molecule has 1 aromatic heterocycles. The number of rotatable bonds is 2. The van der Waals surface area contributed by atoms with Crippen LogP contribution in [-0.2, 0) is 11.5 Å². The predicted molar refractivity (Wildman–Crippen MR) is 46.2 cm³/mol. The summed E-state index contributed by atoms with van der Waals surface area (Å²) in [7, 11) is 0. The average Bonchev–Trinajstić information content (AvgIpc) is 2.15. The first-order valence-corrected chi connectivity index (χ1v) is 4.83. The highest BCUT2D eigenvalue weighted by Gasteiger charge is 2.32. The van der Waals surface area contributed by atoms with E-state index in [1.807, 2.05) is 0 Å². The highest BCUT2D eigenvalue weighted by atomic mass is 79.9. The lowest BCUT2D eigenvalue weighted by Gasteiger charge is -2.11. The van der Waals surface area contributed by atoms with Crippen LogP contribution in [0.5, 0.6) is 0 Å². The molecular formula is C8H4BrF3NO2-. The second-order valence-electron chi connectivity index (χ2n) is 2.61. The molecule has 15 heavy (non-hydrogen) atoms. The van der Waals surface area contributed by atoms with E-state index in [1.165, 1.54) is 0 Å². The third-order valence-electron chi connectivity index (χ3n) is 1.61. The van der Waals surface area contributed by atoms with E-state index in [2.05, 4.69) is 20.9 Å². The molecule has 0 bridgehead atoms. The minimum Gasteiger partial charge on any atom is -0.545 e. The van der Waals surface area contributed by atoms with Gasteiger partial charge in [-0.25, -0.2) is 4.98 Å². The van der Waals surface area contributed by atoms with Crippen molar-refractivity contribution in [1.29, 1.82) is 0 Å². The average molecular weight is 283 g/mol. The molecule has 82 valence electrons. The molecule has 1 heterocycles. The van der Waals surface area contributed by atoms with E-state index in [4.69, 9.17) is 0 Å². The molecular weight excluding hydrogens is 279 g/mol. The van der Waals surface area contributed by atoms with Gasteiger partial charge in [0.2, 0.25) is 0 Å². The zero-order valence-corrected chi connectivity index (χ0v) is 8.72. The molecule has 0 aromatic carbocycles. The van der Waals surface area contributed by atoms with Crippen molar-refractivity contribution in [3.63, 3.8) is 0 Å². The second kappa shape index (κ2) is 4.18. The van der Waals surface area contributed by atoms with Gasteiger partial charge in [0.15, 0.2) is 0 Å². The molecule has 0 radical (unpaired) electrons. The molecule has 3 nitrogen and oxygen atoms in total. The van der Waals surface area contributed by atoms with Gasteiger partial charge in [0.1, 0.15) is 5.69 Å². The standard InChI is InChI=1S/C8H5BrF3NO2/c9-3-5-4(7(14)15)1-2-6(13-5)8(10,11)12/h1-2H,3H2,(H,14,15)/p-1. The summed E-state index contributed by atoms with van der Waals surface area (Å²) in [5.41, 5.74) is -1.67. The number of nitrogens with zero attached hydrogens (tertiary/aromatic N) is 1. The second-order valence-corrected chi connectivity index (χ2v) is 3.17. The van der Waals surface area contributed by atoms with Crippen molar-refractivity contribution in [2.24, 2.45) is 0 Å². The van der Waals surface area contributed by atoms with Gasteiger partial charge in [-0.2, -0.15) is 13.2 Å². The number of aromatic nitrogens is 1. The SMILES string of the molecule is O=C([O-])c1ccc(C(F)(F)F)nc1CBr. The highest BCUT2D eigenvalue weighted by Crippen LogP contribution is 2.28. The molecule has 1 aromatic rings. The van der Waals surface area contributed by atoms with Gasteiger partial charge in [0, 0.05) is 10.9 Å². The lowest BCUT2D eigenvalue weighted by atomic mass is 10.2. The normalized spacial score (nSPS) is 11.5. The Bertz CT molecular complexity index is 392. The van der Waals surface area contributed by atoms with Crippen molar-refractivity contribution in [3.8, 4) is 0 Å². The molecule has 7 heteroatoms. The van der Waals surface area contributed by atoms with E-state index < -0.39 is 17.8 Å². The summed E-state index contributed by atoms with van der Waals surface area (Å²) >= 11 is 2.86. The molecule has 0 spiro atoms. The number of carboxylic acid groups (broad SMARTS) is 1. The number of hydrogen-bond acceptors (Lipinski definition) is 3. The molecule has 0 aliphatic heterocycles. The molecule has 0 aliphatic carbocycles. The molecule has 0 fully saturated rings. The summed E-state index contributed by atoms with van der Waals surface area (Å²) in [4.78, 5) is 13.7. The first-order valence-electron chi connectivity index (χ1n) is 3.70. The van der Waals surface area contributed by atoms with Crippen LogP contribution in [0, 0.1) is 0 Å². The number of carbonyl (C=O) groups excluding carboxylic acids is 1. The van der Waals surface area contributed by atoms with Gasteiger partial charge < -0.3 is 9.90 Å². The van der Waals surface area contributed by atoms with Gasteiger partial charge in [-0.3, -0.25) is 0 Å². The molecule has 1 rings (SSSR count). The summed E-state index contributed by atoms with van der Waals surface area (Å²) < 4.78 is 36.6. The van der Waals surface area contributed by atoms with Crippen LogP contribution < -0.4 is 5.11 Å². The zero-order valence-electron chi connectivity index (χ0n) is 7.14. The van der Waals surface area contributed by atoms with E-state index in [0.29, 0.717) is 6.07 Å². The van der Waals surface area contributed by atoms with E-state index in [9.17, 15) is 23.1 Å². The van der Waals surface area contributed by atoms with Crippen LogP contribution in [0.3, 0.4) is 0 Å². The van der Waals surface area contributed by atoms with Gasteiger partial charge in [-0.15, -0.1) is 0 Å². The van der Waals surface area contributed by atoms with Crippen molar-refractivity contribution < 1.29 is 23.1 Å². The maximum Gasteiger partial charge on any atom is 0.433 e. The van der Waals surface area contributed by atoms with Crippen LogP contribution >= 0.6 is 15.9 Å². The lowest BCUT2D eigenvalue weighted by molar-refractivity contribution is -0.255. The van der Waals surface area contributed by atoms with Crippen LogP contribution in [-0.4, -0.2) is 11.0 Å². The van der Waals surface area contributed by atoms with Crippen molar-refractivity contribution in [1.82, 2.24) is 4.98 Å².